The zero-order valence-corrected chi connectivity index (χ0v) is 13.5. The van der Waals surface area contributed by atoms with E-state index in [1.54, 1.807) is 23.5 Å². The number of anilines is 1. The lowest BCUT2D eigenvalue weighted by Gasteiger charge is -2.14. The minimum absolute atomic E-state index is 0.114. The zero-order chi connectivity index (χ0) is 15.5. The van der Waals surface area contributed by atoms with Crippen LogP contribution in [0.25, 0.3) is 0 Å². The van der Waals surface area contributed by atoms with Gasteiger partial charge in [-0.05, 0) is 53.2 Å². The first-order valence-electron chi connectivity index (χ1n) is 6.13. The van der Waals surface area contributed by atoms with Crippen LogP contribution >= 0.6 is 27.3 Å². The summed E-state index contributed by atoms with van der Waals surface area (Å²) in [6.07, 6.45) is -4.32. The van der Waals surface area contributed by atoms with Gasteiger partial charge in [0, 0.05) is 20.4 Å². The van der Waals surface area contributed by atoms with Crippen molar-refractivity contribution >= 4 is 33.0 Å². The number of halogens is 4. The van der Waals surface area contributed by atoms with Gasteiger partial charge in [-0.1, -0.05) is 0 Å². The van der Waals surface area contributed by atoms with Crippen molar-refractivity contribution in [3.63, 3.8) is 0 Å². The van der Waals surface area contributed by atoms with E-state index in [1.165, 1.54) is 17.0 Å². The molecule has 0 spiro atoms. The minimum atomic E-state index is -4.32. The van der Waals surface area contributed by atoms with Crippen molar-refractivity contribution in [2.75, 3.05) is 11.9 Å². The highest BCUT2D eigenvalue weighted by Gasteiger charge is 2.28. The average Bonchev–Trinajstić information content (AvgIpc) is 2.84. The van der Waals surface area contributed by atoms with Crippen molar-refractivity contribution in [2.45, 2.75) is 19.1 Å². The normalized spacial score (nSPS) is 13.0. The van der Waals surface area contributed by atoms with Crippen LogP contribution in [0.1, 0.15) is 17.8 Å². The Morgan fingerprint density at radius 3 is 2.48 bits per heavy atom. The average molecular weight is 380 g/mol. The van der Waals surface area contributed by atoms with Gasteiger partial charge in [-0.3, -0.25) is 0 Å². The van der Waals surface area contributed by atoms with E-state index >= 15 is 0 Å². The monoisotopic (exact) mass is 379 g/mol. The van der Waals surface area contributed by atoms with E-state index in [-0.39, 0.29) is 11.8 Å². The molecule has 1 unspecified atom stereocenters. The number of hydrogen-bond donors (Lipinski definition) is 1. The Balaban J connectivity index is 1.93. The van der Waals surface area contributed by atoms with Crippen LogP contribution in [-0.4, -0.2) is 12.8 Å². The van der Waals surface area contributed by atoms with Crippen LogP contribution < -0.4 is 10.1 Å². The van der Waals surface area contributed by atoms with Crippen molar-refractivity contribution in [2.24, 2.45) is 0 Å². The first kappa shape index (κ1) is 16.2. The van der Waals surface area contributed by atoms with E-state index in [9.17, 15) is 13.2 Å². The largest absolute Gasteiger partial charge is 0.484 e. The minimum Gasteiger partial charge on any atom is -0.484 e. The van der Waals surface area contributed by atoms with Gasteiger partial charge in [-0.15, -0.1) is 11.3 Å². The number of ether oxygens (including phenoxy) is 1. The lowest BCUT2D eigenvalue weighted by molar-refractivity contribution is -0.153. The molecular formula is C14H13BrF3NOS. The molecule has 1 N–H and O–H groups in total. The summed E-state index contributed by atoms with van der Waals surface area (Å²) in [4.78, 5) is 1.17. The molecule has 1 heterocycles. The van der Waals surface area contributed by atoms with Crippen LogP contribution in [0.3, 0.4) is 0 Å². The molecule has 2 rings (SSSR count). The molecule has 2 nitrogen and oxygen atoms in total. The molecule has 0 bridgehead atoms. The van der Waals surface area contributed by atoms with Crippen molar-refractivity contribution in [3.8, 4) is 5.75 Å². The third kappa shape index (κ3) is 5.24. The smallest absolute Gasteiger partial charge is 0.422 e. The summed E-state index contributed by atoms with van der Waals surface area (Å²) in [6, 6.07) is 8.58. The van der Waals surface area contributed by atoms with Crippen molar-refractivity contribution in [3.05, 3.63) is 45.1 Å². The summed E-state index contributed by atoms with van der Waals surface area (Å²) in [5.41, 5.74) is 0.825. The van der Waals surface area contributed by atoms with E-state index in [0.717, 1.165) is 10.2 Å². The number of rotatable bonds is 5. The molecule has 0 amide bonds. The molecule has 0 aliphatic heterocycles. The standard InChI is InChI=1S/C14H13BrF3NOS/c1-9(13-6-10(15)7-21-13)19-11-2-4-12(5-3-11)20-8-14(16,17)18/h2-7,9,19H,8H2,1H3. The highest BCUT2D eigenvalue weighted by Crippen LogP contribution is 2.28. The summed E-state index contributed by atoms with van der Waals surface area (Å²) >= 11 is 5.03. The summed E-state index contributed by atoms with van der Waals surface area (Å²) in [6.45, 7) is 0.742. The molecular weight excluding hydrogens is 367 g/mol. The second kappa shape index (κ2) is 6.70. The summed E-state index contributed by atoms with van der Waals surface area (Å²) in [5, 5.41) is 5.28. The van der Waals surface area contributed by atoms with E-state index < -0.39 is 12.8 Å². The van der Waals surface area contributed by atoms with Crippen LogP contribution in [0.5, 0.6) is 5.75 Å². The number of thiophene rings is 1. The predicted octanol–water partition coefficient (Wildman–Crippen LogP) is 5.62. The van der Waals surface area contributed by atoms with Crippen LogP contribution in [0.4, 0.5) is 18.9 Å². The number of nitrogens with one attached hydrogen (secondary N) is 1. The lowest BCUT2D eigenvalue weighted by atomic mass is 10.2. The van der Waals surface area contributed by atoms with Gasteiger partial charge in [0.05, 0.1) is 6.04 Å². The maximum atomic E-state index is 12.0. The van der Waals surface area contributed by atoms with E-state index in [4.69, 9.17) is 0 Å². The van der Waals surface area contributed by atoms with Gasteiger partial charge in [0.2, 0.25) is 0 Å². The van der Waals surface area contributed by atoms with Gasteiger partial charge >= 0.3 is 6.18 Å². The van der Waals surface area contributed by atoms with Crippen LogP contribution in [0, 0.1) is 0 Å². The maximum Gasteiger partial charge on any atom is 0.422 e. The molecule has 0 aliphatic carbocycles. The molecule has 0 fully saturated rings. The molecule has 1 aromatic carbocycles. The molecule has 0 saturated carbocycles. The van der Waals surface area contributed by atoms with Gasteiger partial charge in [0.15, 0.2) is 6.61 Å². The van der Waals surface area contributed by atoms with Crippen LogP contribution in [0.15, 0.2) is 40.2 Å². The van der Waals surface area contributed by atoms with E-state index in [2.05, 4.69) is 26.0 Å². The lowest BCUT2D eigenvalue weighted by Crippen LogP contribution is -2.19. The Morgan fingerprint density at radius 2 is 1.95 bits per heavy atom. The fourth-order valence-electron chi connectivity index (χ4n) is 1.69. The van der Waals surface area contributed by atoms with Gasteiger partial charge in [0.25, 0.3) is 0 Å². The molecule has 1 aromatic heterocycles. The highest BCUT2D eigenvalue weighted by atomic mass is 79.9. The van der Waals surface area contributed by atoms with Gasteiger partial charge in [-0.25, -0.2) is 0 Å². The Kier molecular flexibility index (Phi) is 5.16. The van der Waals surface area contributed by atoms with Crippen molar-refractivity contribution in [1.82, 2.24) is 0 Å². The molecule has 21 heavy (non-hydrogen) atoms. The van der Waals surface area contributed by atoms with Crippen molar-refractivity contribution < 1.29 is 17.9 Å². The summed E-state index contributed by atoms with van der Waals surface area (Å²) < 4.78 is 41.8. The summed E-state index contributed by atoms with van der Waals surface area (Å²) in [7, 11) is 0. The highest BCUT2D eigenvalue weighted by molar-refractivity contribution is 9.10. The van der Waals surface area contributed by atoms with Gasteiger partial charge < -0.3 is 10.1 Å². The van der Waals surface area contributed by atoms with Gasteiger partial charge in [0.1, 0.15) is 5.75 Å². The second-order valence-corrected chi connectivity index (χ2v) is 6.32. The first-order valence-corrected chi connectivity index (χ1v) is 7.81. The molecule has 0 radical (unpaired) electrons. The molecule has 1 atom stereocenters. The van der Waals surface area contributed by atoms with Crippen molar-refractivity contribution in [1.29, 1.82) is 0 Å². The molecule has 7 heteroatoms. The van der Waals surface area contributed by atoms with Crippen LogP contribution in [-0.2, 0) is 0 Å². The third-order valence-corrected chi connectivity index (χ3v) is 4.53. The SMILES string of the molecule is CC(Nc1ccc(OCC(F)(F)F)cc1)c1cc(Br)cs1. The van der Waals surface area contributed by atoms with Crippen LogP contribution in [0.2, 0.25) is 0 Å². The zero-order valence-electron chi connectivity index (χ0n) is 11.1. The van der Waals surface area contributed by atoms with E-state index in [1.807, 2.05) is 18.4 Å². The second-order valence-electron chi connectivity index (χ2n) is 4.46. The fraction of sp³-hybridized carbons (Fsp3) is 0.286. The summed E-state index contributed by atoms with van der Waals surface area (Å²) in [5.74, 6) is 0.199. The molecule has 0 saturated heterocycles. The molecule has 114 valence electrons. The Morgan fingerprint density at radius 1 is 1.29 bits per heavy atom. The number of benzene rings is 1. The number of alkyl halides is 3. The number of hydrogen-bond acceptors (Lipinski definition) is 3. The van der Waals surface area contributed by atoms with E-state index in [0.29, 0.717) is 0 Å². The topological polar surface area (TPSA) is 21.3 Å². The quantitative estimate of drug-likeness (QED) is 0.727. The Labute approximate surface area is 133 Å². The molecule has 2 aromatic rings. The third-order valence-electron chi connectivity index (χ3n) is 2.65. The first-order chi connectivity index (χ1) is 9.83. The predicted molar refractivity (Wildman–Crippen MR) is 82.0 cm³/mol. The maximum absolute atomic E-state index is 12.0. The van der Waals surface area contributed by atoms with Gasteiger partial charge in [-0.2, -0.15) is 13.2 Å². The Hall–Kier alpha value is -1.21. The molecule has 0 aliphatic rings. The fourth-order valence-corrected chi connectivity index (χ4v) is 3.14. The Bertz CT molecular complexity index is 583.